The first-order chi connectivity index (χ1) is 22.7. The van der Waals surface area contributed by atoms with Gasteiger partial charge in [-0.1, -0.05) is 118 Å². The number of rotatable bonds is 0. The minimum Gasteiger partial charge on any atom is -0.399 e. The molecule has 5 heteroatoms. The van der Waals surface area contributed by atoms with Crippen molar-refractivity contribution in [1.82, 2.24) is 0 Å². The first-order valence-corrected chi connectivity index (χ1v) is 17.8. The van der Waals surface area contributed by atoms with Crippen molar-refractivity contribution in [3.63, 3.8) is 0 Å². The Morgan fingerprint density at radius 1 is 0.426 bits per heavy atom. The van der Waals surface area contributed by atoms with Crippen LogP contribution < -0.4 is 16.4 Å². The average molecular weight is 658 g/mol. The zero-order valence-corrected chi connectivity index (χ0v) is 30.5. The number of nitrogens with one attached hydrogen (secondary N) is 2. The van der Waals surface area contributed by atoms with Gasteiger partial charge in [-0.05, 0) is 64.1 Å². The van der Waals surface area contributed by atoms with Gasteiger partial charge < -0.3 is 5.73 Å². The smallest absolute Gasteiger partial charge is 0.0706 e. The largest absolute Gasteiger partial charge is 0.399 e. The van der Waals surface area contributed by atoms with Gasteiger partial charge in [0.15, 0.2) is 0 Å². The number of fused-ring (bicyclic) bond motifs is 6. The third-order valence-electron chi connectivity index (χ3n) is 7.12. The van der Waals surface area contributed by atoms with Crippen LogP contribution in [0, 0.1) is 38.5 Å². The van der Waals surface area contributed by atoms with Crippen molar-refractivity contribution >= 4 is 70.1 Å². The molecular weight excluding hydrogens is 611 g/mol. The normalized spacial score (nSPS) is 9.96. The number of hydrogen-bond donors (Lipinski definition) is 3. The highest BCUT2D eigenvalue weighted by molar-refractivity contribution is 7.20. The summed E-state index contributed by atoms with van der Waals surface area (Å²) >= 11 is 3.50. The van der Waals surface area contributed by atoms with Crippen molar-refractivity contribution in [2.24, 2.45) is 0 Å². The van der Waals surface area contributed by atoms with Crippen molar-refractivity contribution in [2.75, 3.05) is 5.73 Å². The summed E-state index contributed by atoms with van der Waals surface area (Å²) in [5.74, 6) is 0. The van der Waals surface area contributed by atoms with Crippen LogP contribution in [0.5, 0.6) is 0 Å². The van der Waals surface area contributed by atoms with Crippen LogP contribution in [-0.4, -0.2) is 0 Å². The summed E-state index contributed by atoms with van der Waals surface area (Å²) in [4.78, 5) is 2.48. The Kier molecular flexibility index (Phi) is 14.1. The molecule has 0 aliphatic carbocycles. The molecule has 8 aromatic rings. The number of para-hydroxylation sites is 1. The van der Waals surface area contributed by atoms with Crippen LogP contribution in [0.1, 0.15) is 48.6 Å². The van der Waals surface area contributed by atoms with Gasteiger partial charge in [-0.2, -0.15) is 0 Å². The number of benzene rings is 4. The molecule has 242 valence electrons. The third kappa shape index (κ3) is 9.25. The Labute approximate surface area is 287 Å². The first-order valence-electron chi connectivity index (χ1n) is 16.1. The van der Waals surface area contributed by atoms with Crippen molar-refractivity contribution in [1.29, 1.82) is 10.8 Å². The van der Waals surface area contributed by atoms with Crippen LogP contribution in [-0.2, 0) is 0 Å². The monoisotopic (exact) mass is 657 g/mol. The standard InChI is InChI=1S/C18H12N2S2.2C7H8.C6H7N.2C2H6/c1-7-3-13-15(19)9-6-12-10(5-11(9)17(13)21-7)16(20)14-4-8(2)22-18(12)14;2*1-7-5-3-2-4-6-7;7-6-4-2-1-3-5-6;2*1-2/h3-6,19-20H,1-2H3;2*2-6H,1H3;1-5H,7H2;2*1-2H3. The molecule has 0 saturated carbocycles. The van der Waals surface area contributed by atoms with E-state index in [9.17, 15) is 0 Å². The molecule has 0 amide bonds. The quantitative estimate of drug-likeness (QED) is 0.139. The van der Waals surface area contributed by atoms with E-state index in [1.165, 1.54) is 30.3 Å². The Morgan fingerprint density at radius 3 is 1.00 bits per heavy atom. The van der Waals surface area contributed by atoms with Gasteiger partial charge in [0.1, 0.15) is 0 Å². The number of anilines is 1. The predicted molar refractivity (Wildman–Crippen MR) is 212 cm³/mol. The predicted octanol–water partition coefficient (Wildman–Crippen LogP) is 12.2. The summed E-state index contributed by atoms with van der Waals surface area (Å²) in [6, 6.07) is 38.5. The molecule has 0 spiro atoms. The molecule has 0 unspecified atom stereocenters. The van der Waals surface area contributed by atoms with Gasteiger partial charge in [-0.25, -0.2) is 0 Å². The lowest BCUT2D eigenvalue weighted by molar-refractivity contribution is 1.35. The summed E-state index contributed by atoms with van der Waals surface area (Å²) in [6.07, 6.45) is 0. The molecular formula is C42H47N3S2. The van der Waals surface area contributed by atoms with Crippen molar-refractivity contribution in [3.8, 4) is 0 Å². The van der Waals surface area contributed by atoms with E-state index in [1.54, 1.807) is 22.7 Å². The maximum absolute atomic E-state index is 8.48. The second-order valence-electron chi connectivity index (χ2n) is 10.6. The molecule has 6 aromatic carbocycles. The molecule has 3 nitrogen and oxygen atoms in total. The second kappa shape index (κ2) is 17.9. The number of nitrogens with two attached hydrogens (primary N) is 1. The van der Waals surface area contributed by atoms with Crippen molar-refractivity contribution in [3.05, 3.63) is 147 Å². The molecule has 47 heavy (non-hydrogen) atoms. The molecule has 4 N–H and O–H groups in total. The molecule has 0 radical (unpaired) electrons. The van der Waals surface area contributed by atoms with Crippen LogP contribution in [0.25, 0.3) is 41.7 Å². The van der Waals surface area contributed by atoms with Gasteiger partial charge in [0, 0.05) is 57.2 Å². The van der Waals surface area contributed by atoms with E-state index in [2.05, 4.69) is 76.2 Å². The summed E-state index contributed by atoms with van der Waals surface area (Å²) in [7, 11) is 0. The van der Waals surface area contributed by atoms with Gasteiger partial charge in [-0.3, -0.25) is 10.8 Å². The Hall–Kier alpha value is -4.58. The van der Waals surface area contributed by atoms with Crippen molar-refractivity contribution < 1.29 is 0 Å². The number of aryl methyl sites for hydroxylation is 4. The lowest BCUT2D eigenvalue weighted by Crippen LogP contribution is -1.95. The van der Waals surface area contributed by atoms with E-state index in [-0.39, 0.29) is 0 Å². The molecule has 0 bridgehead atoms. The van der Waals surface area contributed by atoms with Crippen LogP contribution in [0.4, 0.5) is 5.69 Å². The lowest BCUT2D eigenvalue weighted by atomic mass is 10.1. The van der Waals surface area contributed by atoms with E-state index in [0.717, 1.165) is 38.0 Å². The maximum atomic E-state index is 8.48. The zero-order valence-electron chi connectivity index (χ0n) is 28.9. The molecule has 0 fully saturated rings. The summed E-state index contributed by atoms with van der Waals surface area (Å²) in [6.45, 7) is 16.3. The molecule has 0 aliphatic rings. The Balaban J connectivity index is 0.000000197. The first kappa shape index (κ1) is 36.9. The number of hydrogen-bond acceptors (Lipinski definition) is 5. The van der Waals surface area contributed by atoms with Gasteiger partial charge in [0.25, 0.3) is 0 Å². The third-order valence-corrected chi connectivity index (χ3v) is 9.28. The Bertz CT molecular complexity index is 2010. The Morgan fingerprint density at radius 2 is 0.745 bits per heavy atom. The van der Waals surface area contributed by atoms with Crippen LogP contribution in [0.2, 0.25) is 0 Å². The minimum atomic E-state index is 0.630. The molecule has 2 heterocycles. The number of nitrogen functional groups attached to an aromatic ring is 1. The summed E-state index contributed by atoms with van der Waals surface area (Å²) in [5.41, 5.74) is 8.82. The summed E-state index contributed by atoms with van der Waals surface area (Å²) < 4.78 is 2.39. The fourth-order valence-electron chi connectivity index (χ4n) is 5.00. The SMILES string of the molecule is CC.CC.Cc1cc2c(=N)c3cc4c(cc3c2s1)c(=N)c1cc(C)sc14.Cc1ccccc1.Cc1ccccc1.Nc1ccccc1. The molecule has 0 atom stereocenters. The molecule has 0 aliphatic heterocycles. The maximum Gasteiger partial charge on any atom is 0.0706 e. The van der Waals surface area contributed by atoms with Crippen LogP contribution >= 0.6 is 22.7 Å². The number of thiophene rings is 2. The summed E-state index contributed by atoms with van der Waals surface area (Å²) in [5, 5.41) is 24.6. The minimum absolute atomic E-state index is 0.630. The van der Waals surface area contributed by atoms with Crippen molar-refractivity contribution in [2.45, 2.75) is 55.4 Å². The van der Waals surface area contributed by atoms with Gasteiger partial charge >= 0.3 is 0 Å². The highest BCUT2D eigenvalue weighted by Crippen LogP contribution is 2.37. The van der Waals surface area contributed by atoms with E-state index in [4.69, 9.17) is 16.6 Å². The van der Waals surface area contributed by atoms with Gasteiger partial charge in [0.2, 0.25) is 0 Å². The second-order valence-corrected chi connectivity index (χ2v) is 13.1. The zero-order chi connectivity index (χ0) is 34.5. The van der Waals surface area contributed by atoms with Gasteiger partial charge in [0.05, 0.1) is 10.7 Å². The van der Waals surface area contributed by atoms with E-state index in [0.29, 0.717) is 10.7 Å². The van der Waals surface area contributed by atoms with E-state index < -0.39 is 0 Å². The molecule has 0 saturated heterocycles. The fraction of sp³-hybridized carbons (Fsp3) is 0.190. The van der Waals surface area contributed by atoms with Crippen LogP contribution in [0.3, 0.4) is 0 Å². The van der Waals surface area contributed by atoms with Crippen LogP contribution in [0.15, 0.2) is 115 Å². The lowest BCUT2D eigenvalue weighted by Gasteiger charge is -1.94. The molecule has 2 aromatic heterocycles. The van der Waals surface area contributed by atoms with E-state index in [1.807, 2.05) is 94.4 Å². The highest BCUT2D eigenvalue weighted by Gasteiger charge is 2.16. The molecule has 8 rings (SSSR count). The van der Waals surface area contributed by atoms with E-state index >= 15 is 0 Å². The van der Waals surface area contributed by atoms with Gasteiger partial charge in [-0.15, -0.1) is 22.7 Å². The fourth-order valence-corrected chi connectivity index (χ4v) is 7.10. The average Bonchev–Trinajstić information content (AvgIpc) is 3.81. The topological polar surface area (TPSA) is 73.7 Å². The highest BCUT2D eigenvalue weighted by atomic mass is 32.1.